The largest absolute Gasteiger partial charge is 0.324 e. The minimum Gasteiger partial charge on any atom is -0.324 e. The van der Waals surface area contributed by atoms with Gasteiger partial charge in [-0.05, 0) is 43.2 Å². The molecule has 1 aliphatic rings. The molecule has 2 atom stereocenters. The Hall–Kier alpha value is -0.860. The highest BCUT2D eigenvalue weighted by Gasteiger charge is 2.33. The molecule has 0 bridgehead atoms. The van der Waals surface area contributed by atoms with E-state index >= 15 is 0 Å². The molecule has 0 spiro atoms. The van der Waals surface area contributed by atoms with Crippen molar-refractivity contribution in [1.82, 2.24) is 5.32 Å². The molecule has 0 heterocycles. The average molecular weight is 260 g/mol. The second-order valence-corrected chi connectivity index (χ2v) is 7.79. The fourth-order valence-electron chi connectivity index (χ4n) is 3.66. The molecule has 0 saturated heterocycles. The van der Waals surface area contributed by atoms with Crippen molar-refractivity contribution in [3.63, 3.8) is 0 Å². The molecule has 0 saturated carbocycles. The van der Waals surface area contributed by atoms with E-state index in [1.165, 1.54) is 11.1 Å². The van der Waals surface area contributed by atoms with E-state index in [0.29, 0.717) is 11.5 Å². The number of fused-ring (bicyclic) bond motifs is 1. The smallest absolute Gasteiger partial charge is 0.0346 e. The predicted molar refractivity (Wildman–Crippen MR) is 82.0 cm³/mol. The van der Waals surface area contributed by atoms with Crippen LogP contribution in [0.3, 0.4) is 0 Å². The van der Waals surface area contributed by atoms with Gasteiger partial charge in [0, 0.05) is 17.6 Å². The lowest BCUT2D eigenvalue weighted by molar-refractivity contribution is 0.220. The Morgan fingerprint density at radius 1 is 1.11 bits per heavy atom. The Balaban J connectivity index is 2.13. The minimum atomic E-state index is 0.125. The molecule has 2 heteroatoms. The van der Waals surface area contributed by atoms with Gasteiger partial charge < -0.3 is 11.1 Å². The first kappa shape index (κ1) is 14.5. The number of nitrogens with two attached hydrogens (primary N) is 1. The van der Waals surface area contributed by atoms with Crippen molar-refractivity contribution in [3.05, 3.63) is 35.4 Å². The number of rotatable bonds is 3. The lowest BCUT2D eigenvalue weighted by Gasteiger charge is -2.36. The molecule has 2 unspecified atom stereocenters. The molecule has 1 aliphatic carbocycles. The van der Waals surface area contributed by atoms with Gasteiger partial charge in [-0.1, -0.05) is 45.0 Å². The summed E-state index contributed by atoms with van der Waals surface area (Å²) in [4.78, 5) is 0. The standard InChI is InChI=1S/C17H28N2/c1-16(2,3)11-17(4,5)19-15-10-14(18)12-8-6-7-9-13(12)15/h6-9,14-15,19H,10-11,18H2,1-5H3. The van der Waals surface area contributed by atoms with Gasteiger partial charge in [0.15, 0.2) is 0 Å². The van der Waals surface area contributed by atoms with Crippen LogP contribution >= 0.6 is 0 Å². The zero-order valence-corrected chi connectivity index (χ0v) is 13.0. The highest BCUT2D eigenvalue weighted by atomic mass is 15.0. The van der Waals surface area contributed by atoms with Crippen LogP contribution in [0.1, 0.15) is 70.7 Å². The van der Waals surface area contributed by atoms with E-state index in [1.807, 2.05) is 0 Å². The molecule has 19 heavy (non-hydrogen) atoms. The quantitative estimate of drug-likeness (QED) is 0.864. The lowest BCUT2D eigenvalue weighted by atomic mass is 9.81. The number of hydrogen-bond acceptors (Lipinski definition) is 2. The van der Waals surface area contributed by atoms with Crippen molar-refractivity contribution in [3.8, 4) is 0 Å². The highest BCUT2D eigenvalue weighted by Crippen LogP contribution is 2.39. The average Bonchev–Trinajstić information content (AvgIpc) is 2.52. The zero-order valence-electron chi connectivity index (χ0n) is 13.0. The Labute approximate surface area is 117 Å². The highest BCUT2D eigenvalue weighted by molar-refractivity contribution is 5.37. The molecule has 0 amide bonds. The van der Waals surface area contributed by atoms with E-state index in [-0.39, 0.29) is 11.6 Å². The van der Waals surface area contributed by atoms with Crippen molar-refractivity contribution in [2.24, 2.45) is 11.1 Å². The van der Waals surface area contributed by atoms with E-state index in [1.54, 1.807) is 0 Å². The predicted octanol–water partition coefficient (Wildman–Crippen LogP) is 3.94. The van der Waals surface area contributed by atoms with Crippen LogP contribution in [0.5, 0.6) is 0 Å². The van der Waals surface area contributed by atoms with Crippen molar-refractivity contribution in [2.45, 2.75) is 65.1 Å². The molecule has 1 aromatic carbocycles. The van der Waals surface area contributed by atoms with Gasteiger partial charge in [0.1, 0.15) is 0 Å². The molecule has 0 radical (unpaired) electrons. The summed E-state index contributed by atoms with van der Waals surface area (Å²) in [5.74, 6) is 0. The Morgan fingerprint density at radius 2 is 1.68 bits per heavy atom. The molecular formula is C17H28N2. The molecule has 2 nitrogen and oxygen atoms in total. The maximum atomic E-state index is 6.24. The van der Waals surface area contributed by atoms with Crippen LogP contribution in [0.15, 0.2) is 24.3 Å². The molecule has 3 N–H and O–H groups in total. The fourth-order valence-corrected chi connectivity index (χ4v) is 3.66. The Bertz CT molecular complexity index is 443. The normalized spacial score (nSPS) is 23.5. The summed E-state index contributed by atoms with van der Waals surface area (Å²) in [6, 6.07) is 9.15. The van der Waals surface area contributed by atoms with Crippen molar-refractivity contribution >= 4 is 0 Å². The Kier molecular flexibility index (Phi) is 3.76. The number of benzene rings is 1. The van der Waals surface area contributed by atoms with Crippen LogP contribution in [0, 0.1) is 5.41 Å². The monoisotopic (exact) mass is 260 g/mol. The summed E-state index contributed by atoms with van der Waals surface area (Å²) < 4.78 is 0. The van der Waals surface area contributed by atoms with Crippen LogP contribution in [0.2, 0.25) is 0 Å². The molecular weight excluding hydrogens is 232 g/mol. The van der Waals surface area contributed by atoms with E-state index in [0.717, 1.165) is 12.8 Å². The van der Waals surface area contributed by atoms with E-state index in [9.17, 15) is 0 Å². The maximum Gasteiger partial charge on any atom is 0.0346 e. The SMILES string of the molecule is CC(C)(C)CC(C)(C)NC1CC(N)c2ccccc21. The summed E-state index contributed by atoms with van der Waals surface area (Å²) >= 11 is 0. The molecule has 0 aromatic heterocycles. The van der Waals surface area contributed by atoms with Crippen LogP contribution < -0.4 is 11.1 Å². The summed E-state index contributed by atoms with van der Waals surface area (Å²) in [6.07, 6.45) is 2.15. The van der Waals surface area contributed by atoms with Crippen molar-refractivity contribution < 1.29 is 0 Å². The molecule has 1 aromatic rings. The first-order chi connectivity index (χ1) is 8.68. The molecule has 106 valence electrons. The molecule has 0 fully saturated rings. The van der Waals surface area contributed by atoms with Crippen LogP contribution in [-0.4, -0.2) is 5.54 Å². The van der Waals surface area contributed by atoms with Gasteiger partial charge >= 0.3 is 0 Å². The number of hydrogen-bond donors (Lipinski definition) is 2. The van der Waals surface area contributed by atoms with E-state index in [2.05, 4.69) is 64.2 Å². The lowest BCUT2D eigenvalue weighted by Crippen LogP contribution is -2.44. The maximum absolute atomic E-state index is 6.24. The summed E-state index contributed by atoms with van der Waals surface area (Å²) in [7, 11) is 0. The summed E-state index contributed by atoms with van der Waals surface area (Å²) in [5, 5.41) is 3.82. The van der Waals surface area contributed by atoms with Gasteiger partial charge in [0.25, 0.3) is 0 Å². The second-order valence-electron chi connectivity index (χ2n) is 7.79. The number of nitrogens with one attached hydrogen (secondary N) is 1. The van der Waals surface area contributed by atoms with Crippen LogP contribution in [-0.2, 0) is 0 Å². The van der Waals surface area contributed by atoms with Crippen LogP contribution in [0.4, 0.5) is 0 Å². The third kappa shape index (κ3) is 3.58. The van der Waals surface area contributed by atoms with Crippen molar-refractivity contribution in [1.29, 1.82) is 0 Å². The third-order valence-corrected chi connectivity index (χ3v) is 3.80. The van der Waals surface area contributed by atoms with Gasteiger partial charge in [-0.15, -0.1) is 0 Å². The van der Waals surface area contributed by atoms with Gasteiger partial charge in [-0.2, -0.15) is 0 Å². The van der Waals surface area contributed by atoms with Gasteiger partial charge in [0.05, 0.1) is 0 Å². The summed E-state index contributed by atoms with van der Waals surface area (Å²) in [6.45, 7) is 11.5. The topological polar surface area (TPSA) is 38.0 Å². The minimum absolute atomic E-state index is 0.125. The second kappa shape index (κ2) is 4.92. The van der Waals surface area contributed by atoms with Crippen molar-refractivity contribution in [2.75, 3.05) is 0 Å². The Morgan fingerprint density at radius 3 is 2.26 bits per heavy atom. The molecule has 0 aliphatic heterocycles. The van der Waals surface area contributed by atoms with Gasteiger partial charge in [-0.25, -0.2) is 0 Å². The van der Waals surface area contributed by atoms with Gasteiger partial charge in [0.2, 0.25) is 0 Å². The van der Waals surface area contributed by atoms with E-state index in [4.69, 9.17) is 5.73 Å². The molecule has 2 rings (SSSR count). The zero-order chi connectivity index (χ0) is 14.3. The fraction of sp³-hybridized carbons (Fsp3) is 0.647. The van der Waals surface area contributed by atoms with E-state index < -0.39 is 0 Å². The summed E-state index contributed by atoms with van der Waals surface area (Å²) in [5.41, 5.74) is 9.40. The first-order valence-corrected chi connectivity index (χ1v) is 7.30. The first-order valence-electron chi connectivity index (χ1n) is 7.30. The third-order valence-electron chi connectivity index (χ3n) is 3.80. The van der Waals surface area contributed by atoms with Gasteiger partial charge in [-0.3, -0.25) is 0 Å². The van der Waals surface area contributed by atoms with Crippen LogP contribution in [0.25, 0.3) is 0 Å².